The summed E-state index contributed by atoms with van der Waals surface area (Å²) in [5, 5.41) is 12.9. The second-order valence-electron chi connectivity index (χ2n) is 6.87. The fraction of sp³-hybridized carbons (Fsp3) is 0.474. The van der Waals surface area contributed by atoms with Crippen molar-refractivity contribution >= 4 is 11.8 Å². The summed E-state index contributed by atoms with van der Waals surface area (Å²) in [6, 6.07) is 8.48. The molecule has 0 radical (unpaired) electrons. The molecule has 0 amide bonds. The first-order valence-corrected chi connectivity index (χ1v) is 8.75. The van der Waals surface area contributed by atoms with Crippen LogP contribution in [0.5, 0.6) is 0 Å². The molecular formula is C19H24N4O. The molecule has 2 N–H and O–H groups in total. The van der Waals surface area contributed by atoms with Gasteiger partial charge >= 0.3 is 0 Å². The van der Waals surface area contributed by atoms with Crippen molar-refractivity contribution in [2.75, 3.05) is 23.8 Å². The van der Waals surface area contributed by atoms with Crippen LogP contribution < -0.4 is 10.2 Å². The van der Waals surface area contributed by atoms with Gasteiger partial charge in [-0.05, 0) is 42.9 Å². The highest BCUT2D eigenvalue weighted by Crippen LogP contribution is 2.40. The Morgan fingerprint density at radius 2 is 2.04 bits per heavy atom. The van der Waals surface area contributed by atoms with Gasteiger partial charge in [-0.3, -0.25) is 0 Å². The Balaban J connectivity index is 1.61. The molecule has 0 saturated heterocycles. The van der Waals surface area contributed by atoms with Crippen LogP contribution in [0.2, 0.25) is 0 Å². The number of hydrogen-bond acceptors (Lipinski definition) is 5. The maximum Gasteiger partial charge on any atom is 0.224 e. The lowest BCUT2D eigenvalue weighted by Crippen LogP contribution is -2.31. The van der Waals surface area contributed by atoms with E-state index in [1.165, 1.54) is 29.7 Å². The van der Waals surface area contributed by atoms with E-state index in [0.29, 0.717) is 11.9 Å². The molecule has 0 bridgehead atoms. The van der Waals surface area contributed by atoms with Crippen molar-refractivity contribution in [1.82, 2.24) is 9.97 Å². The zero-order chi connectivity index (χ0) is 16.7. The summed E-state index contributed by atoms with van der Waals surface area (Å²) in [5.41, 5.74) is 4.83. The molecule has 2 heterocycles. The van der Waals surface area contributed by atoms with Gasteiger partial charge in [0.2, 0.25) is 5.95 Å². The summed E-state index contributed by atoms with van der Waals surface area (Å²) in [6.45, 7) is 3.62. The Hall–Kier alpha value is -2.14. The van der Waals surface area contributed by atoms with Gasteiger partial charge in [0.1, 0.15) is 5.82 Å². The molecule has 2 aromatic rings. The number of anilines is 2. The third kappa shape index (κ3) is 2.96. The Kier molecular flexibility index (Phi) is 3.88. The molecule has 1 fully saturated rings. The van der Waals surface area contributed by atoms with E-state index in [1.807, 2.05) is 20.0 Å². The second kappa shape index (κ2) is 6.06. The summed E-state index contributed by atoms with van der Waals surface area (Å²) in [7, 11) is 1.87. The summed E-state index contributed by atoms with van der Waals surface area (Å²) >= 11 is 0. The van der Waals surface area contributed by atoms with Crippen molar-refractivity contribution in [2.45, 2.75) is 44.8 Å². The van der Waals surface area contributed by atoms with Gasteiger partial charge in [0.25, 0.3) is 0 Å². The van der Waals surface area contributed by atoms with Crippen LogP contribution in [0.1, 0.15) is 54.2 Å². The molecule has 1 aliphatic heterocycles. The minimum absolute atomic E-state index is 0.408. The zero-order valence-electron chi connectivity index (χ0n) is 14.3. The smallest absolute Gasteiger partial charge is 0.224 e. The molecule has 1 aliphatic carbocycles. The first-order chi connectivity index (χ1) is 11.6. The van der Waals surface area contributed by atoms with Gasteiger partial charge in [0, 0.05) is 32.1 Å². The maximum absolute atomic E-state index is 9.77. The molecule has 5 nitrogen and oxygen atoms in total. The molecule has 126 valence electrons. The summed E-state index contributed by atoms with van der Waals surface area (Å²) < 4.78 is 0. The molecule has 5 heteroatoms. The largest absolute Gasteiger partial charge is 0.389 e. The molecule has 0 unspecified atom stereocenters. The van der Waals surface area contributed by atoms with Gasteiger partial charge < -0.3 is 15.3 Å². The maximum atomic E-state index is 9.77. The van der Waals surface area contributed by atoms with Crippen LogP contribution >= 0.6 is 0 Å². The van der Waals surface area contributed by atoms with Crippen molar-refractivity contribution in [2.24, 2.45) is 0 Å². The van der Waals surface area contributed by atoms with E-state index in [1.54, 1.807) is 0 Å². The molecule has 0 spiro atoms. The van der Waals surface area contributed by atoms with E-state index in [0.717, 1.165) is 30.9 Å². The van der Waals surface area contributed by atoms with Crippen LogP contribution in [0.15, 0.2) is 24.3 Å². The highest BCUT2D eigenvalue weighted by molar-refractivity contribution is 5.49. The summed E-state index contributed by atoms with van der Waals surface area (Å²) in [5.74, 6) is 2.34. The summed E-state index contributed by atoms with van der Waals surface area (Å²) in [6.07, 6.45) is 3.05. The van der Waals surface area contributed by atoms with Crippen molar-refractivity contribution in [3.05, 3.63) is 46.6 Å². The van der Waals surface area contributed by atoms with Crippen molar-refractivity contribution < 1.29 is 5.11 Å². The van der Waals surface area contributed by atoms with E-state index < -0.39 is 6.10 Å². The molecule has 1 saturated carbocycles. The van der Waals surface area contributed by atoms with Gasteiger partial charge in [-0.2, -0.15) is 4.98 Å². The summed E-state index contributed by atoms with van der Waals surface area (Å²) in [4.78, 5) is 11.6. The highest BCUT2D eigenvalue weighted by atomic mass is 16.3. The lowest BCUT2D eigenvalue weighted by atomic mass is 9.96. The van der Waals surface area contributed by atoms with E-state index in [4.69, 9.17) is 0 Å². The number of hydrogen-bond donors (Lipinski definition) is 2. The number of fused-ring (bicyclic) bond motifs is 1. The fourth-order valence-electron chi connectivity index (χ4n) is 3.34. The van der Waals surface area contributed by atoms with Crippen LogP contribution in [0.3, 0.4) is 0 Å². The first kappa shape index (κ1) is 15.4. The van der Waals surface area contributed by atoms with Gasteiger partial charge in [-0.25, -0.2) is 4.98 Å². The predicted molar refractivity (Wildman–Crippen MR) is 95.4 cm³/mol. The second-order valence-corrected chi connectivity index (χ2v) is 6.87. The number of nitrogens with one attached hydrogen (secondary N) is 1. The van der Waals surface area contributed by atoms with Gasteiger partial charge in [0.05, 0.1) is 11.8 Å². The standard InChI is InChI=1S/C19H24N4O/c1-12(24)14-5-6-16-11-23(8-7-15(16)9-14)18-10-17(13-3-4-13)21-19(20-2)22-18/h5-6,9-10,12-13,24H,3-4,7-8,11H2,1-2H3,(H,20,21,22)/t12-/m0/s1. The Labute approximate surface area is 142 Å². The number of aliphatic hydroxyl groups excluding tert-OH is 1. The van der Waals surface area contributed by atoms with Gasteiger partial charge in [-0.1, -0.05) is 18.2 Å². The molecule has 24 heavy (non-hydrogen) atoms. The van der Waals surface area contributed by atoms with Crippen LogP contribution in [-0.4, -0.2) is 28.7 Å². The average molecular weight is 324 g/mol. The minimum atomic E-state index is -0.408. The Morgan fingerprint density at radius 3 is 2.75 bits per heavy atom. The number of aromatic nitrogens is 2. The SMILES string of the molecule is CNc1nc(C2CC2)cc(N2CCc3cc([C@H](C)O)ccc3C2)n1. The number of benzene rings is 1. The van der Waals surface area contributed by atoms with Crippen LogP contribution in [0.4, 0.5) is 11.8 Å². The number of rotatable bonds is 4. The van der Waals surface area contributed by atoms with Crippen molar-refractivity contribution in [3.8, 4) is 0 Å². The average Bonchev–Trinajstić information content (AvgIpc) is 3.45. The fourth-order valence-corrected chi connectivity index (χ4v) is 3.34. The van der Waals surface area contributed by atoms with Gasteiger partial charge in [-0.15, -0.1) is 0 Å². The molecule has 4 rings (SSSR count). The molecule has 2 aliphatic rings. The third-order valence-corrected chi connectivity index (χ3v) is 5.00. The topological polar surface area (TPSA) is 61.3 Å². The van der Waals surface area contributed by atoms with E-state index in [-0.39, 0.29) is 0 Å². The van der Waals surface area contributed by atoms with E-state index in [9.17, 15) is 5.11 Å². The van der Waals surface area contributed by atoms with E-state index in [2.05, 4.69) is 38.4 Å². The first-order valence-electron chi connectivity index (χ1n) is 8.75. The van der Waals surface area contributed by atoms with Crippen molar-refractivity contribution in [1.29, 1.82) is 0 Å². The molecule has 1 aromatic heterocycles. The lowest BCUT2D eigenvalue weighted by molar-refractivity contribution is 0.199. The highest BCUT2D eigenvalue weighted by Gasteiger charge is 2.27. The quantitative estimate of drug-likeness (QED) is 0.905. The molecule has 1 aromatic carbocycles. The lowest BCUT2D eigenvalue weighted by Gasteiger charge is -2.30. The van der Waals surface area contributed by atoms with Gasteiger partial charge in [0.15, 0.2) is 0 Å². The normalized spacial score (nSPS) is 18.2. The Bertz CT molecular complexity index is 755. The third-order valence-electron chi connectivity index (χ3n) is 5.00. The number of aliphatic hydroxyl groups is 1. The monoisotopic (exact) mass is 324 g/mol. The Morgan fingerprint density at radius 1 is 1.21 bits per heavy atom. The molecule has 1 atom stereocenters. The minimum Gasteiger partial charge on any atom is -0.389 e. The van der Waals surface area contributed by atoms with Crippen LogP contribution in [-0.2, 0) is 13.0 Å². The van der Waals surface area contributed by atoms with E-state index >= 15 is 0 Å². The predicted octanol–water partition coefficient (Wildman–Crippen LogP) is 3.01. The number of nitrogens with zero attached hydrogens (tertiary/aromatic N) is 3. The zero-order valence-corrected chi connectivity index (χ0v) is 14.3. The molecular weight excluding hydrogens is 300 g/mol. The van der Waals surface area contributed by atoms with Crippen LogP contribution in [0.25, 0.3) is 0 Å². The van der Waals surface area contributed by atoms with Crippen LogP contribution in [0, 0.1) is 0 Å². The van der Waals surface area contributed by atoms with Crippen molar-refractivity contribution in [3.63, 3.8) is 0 Å².